The van der Waals surface area contributed by atoms with Crippen LogP contribution < -0.4 is 10.2 Å². The minimum Gasteiger partial charge on any atom is -0.378 e. The average Bonchev–Trinajstić information content (AvgIpc) is 3.40. The van der Waals surface area contributed by atoms with Gasteiger partial charge in [0, 0.05) is 44.3 Å². The Morgan fingerprint density at radius 2 is 2.04 bits per heavy atom. The number of ether oxygens (including phenoxy) is 1. The second-order valence-electron chi connectivity index (χ2n) is 6.95. The van der Waals surface area contributed by atoms with Gasteiger partial charge in [-0.25, -0.2) is 4.98 Å². The highest BCUT2D eigenvalue weighted by atomic mass is 16.5. The van der Waals surface area contributed by atoms with Crippen molar-refractivity contribution in [2.75, 3.05) is 37.7 Å². The summed E-state index contributed by atoms with van der Waals surface area (Å²) in [5.41, 5.74) is 4.54. The molecule has 3 aromatic rings. The third-order valence-corrected chi connectivity index (χ3v) is 5.27. The van der Waals surface area contributed by atoms with Gasteiger partial charge in [0.15, 0.2) is 5.82 Å². The molecule has 28 heavy (non-hydrogen) atoms. The second kappa shape index (κ2) is 7.11. The molecule has 2 aliphatic heterocycles. The van der Waals surface area contributed by atoms with Crippen molar-refractivity contribution >= 4 is 5.69 Å². The number of fused-ring (bicyclic) bond motifs is 1. The average molecular weight is 375 g/mol. The van der Waals surface area contributed by atoms with Gasteiger partial charge < -0.3 is 15.0 Å². The van der Waals surface area contributed by atoms with E-state index in [0.29, 0.717) is 18.8 Å². The molecule has 4 heterocycles. The van der Waals surface area contributed by atoms with Crippen LogP contribution in [-0.2, 0) is 17.8 Å². The number of hydrogen-bond donors (Lipinski definition) is 1. The standard InChI is InChI=1S/C20H21N7O/c21-13-15-11-16(1-2-19(15)25-7-9-28-10-8-25)26-5-4-23-20(26)18-12-17-14-22-3-6-27(17)24-18/h1-2,4-5,11-12,22H,3,6-10,14H2. The van der Waals surface area contributed by atoms with E-state index in [1.807, 2.05) is 33.6 Å². The molecule has 0 unspecified atom stereocenters. The van der Waals surface area contributed by atoms with E-state index in [1.54, 1.807) is 6.20 Å². The number of anilines is 1. The van der Waals surface area contributed by atoms with E-state index in [4.69, 9.17) is 9.84 Å². The molecule has 0 bridgehead atoms. The third kappa shape index (κ3) is 2.95. The van der Waals surface area contributed by atoms with Crippen molar-refractivity contribution in [1.82, 2.24) is 24.6 Å². The number of rotatable bonds is 3. The first kappa shape index (κ1) is 17.0. The van der Waals surface area contributed by atoms with Gasteiger partial charge >= 0.3 is 0 Å². The van der Waals surface area contributed by atoms with Gasteiger partial charge in [0.1, 0.15) is 11.8 Å². The van der Waals surface area contributed by atoms with Crippen molar-refractivity contribution < 1.29 is 4.74 Å². The van der Waals surface area contributed by atoms with Crippen LogP contribution in [0.3, 0.4) is 0 Å². The Labute approximate surface area is 163 Å². The maximum absolute atomic E-state index is 9.71. The number of hydrogen-bond acceptors (Lipinski definition) is 6. The number of morpholine rings is 1. The summed E-state index contributed by atoms with van der Waals surface area (Å²) in [6, 6.07) is 10.4. The molecule has 8 nitrogen and oxygen atoms in total. The van der Waals surface area contributed by atoms with Crippen LogP contribution >= 0.6 is 0 Å². The molecule has 0 radical (unpaired) electrons. The van der Waals surface area contributed by atoms with Crippen LogP contribution in [0.2, 0.25) is 0 Å². The molecule has 0 amide bonds. The van der Waals surface area contributed by atoms with E-state index in [-0.39, 0.29) is 0 Å². The Hall–Kier alpha value is -3.15. The molecule has 1 N–H and O–H groups in total. The lowest BCUT2D eigenvalue weighted by molar-refractivity contribution is 0.122. The summed E-state index contributed by atoms with van der Waals surface area (Å²) in [7, 11) is 0. The van der Waals surface area contributed by atoms with Crippen molar-refractivity contribution in [3.8, 4) is 23.3 Å². The lowest BCUT2D eigenvalue weighted by Gasteiger charge is -2.29. The zero-order chi connectivity index (χ0) is 18.9. The van der Waals surface area contributed by atoms with Gasteiger partial charge in [0.25, 0.3) is 0 Å². The maximum atomic E-state index is 9.71. The molecule has 2 aromatic heterocycles. The van der Waals surface area contributed by atoms with Crippen LogP contribution in [0, 0.1) is 11.3 Å². The summed E-state index contributed by atoms with van der Waals surface area (Å²) < 4.78 is 9.45. The van der Waals surface area contributed by atoms with E-state index < -0.39 is 0 Å². The SMILES string of the molecule is N#Cc1cc(-n2ccnc2-c2cc3n(n2)CCNC3)ccc1N1CCOCC1. The second-order valence-corrected chi connectivity index (χ2v) is 6.95. The van der Waals surface area contributed by atoms with Crippen molar-refractivity contribution in [3.05, 3.63) is 47.9 Å². The van der Waals surface area contributed by atoms with Gasteiger partial charge in [-0.05, 0) is 24.3 Å². The van der Waals surface area contributed by atoms with E-state index in [0.717, 1.165) is 61.3 Å². The van der Waals surface area contributed by atoms with Gasteiger partial charge in [-0.2, -0.15) is 10.4 Å². The van der Waals surface area contributed by atoms with Crippen LogP contribution in [0.25, 0.3) is 17.2 Å². The Balaban J connectivity index is 1.51. The third-order valence-electron chi connectivity index (χ3n) is 5.27. The Kier molecular flexibility index (Phi) is 4.31. The Bertz CT molecular complexity index is 1020. The lowest BCUT2D eigenvalue weighted by atomic mass is 10.1. The largest absolute Gasteiger partial charge is 0.378 e. The summed E-state index contributed by atoms with van der Waals surface area (Å²) >= 11 is 0. The van der Waals surface area contributed by atoms with E-state index in [2.05, 4.69) is 27.3 Å². The minimum absolute atomic E-state index is 0.660. The zero-order valence-electron chi connectivity index (χ0n) is 15.5. The Morgan fingerprint density at radius 3 is 2.86 bits per heavy atom. The fourth-order valence-electron chi connectivity index (χ4n) is 3.85. The quantitative estimate of drug-likeness (QED) is 0.748. The molecule has 0 atom stereocenters. The van der Waals surface area contributed by atoms with E-state index in [9.17, 15) is 5.26 Å². The van der Waals surface area contributed by atoms with Crippen molar-refractivity contribution in [2.24, 2.45) is 0 Å². The van der Waals surface area contributed by atoms with E-state index >= 15 is 0 Å². The number of nitrogens with zero attached hydrogens (tertiary/aromatic N) is 6. The summed E-state index contributed by atoms with van der Waals surface area (Å²) in [4.78, 5) is 6.74. The molecule has 1 aromatic carbocycles. The number of imidazole rings is 1. The summed E-state index contributed by atoms with van der Waals surface area (Å²) in [5, 5.41) is 17.8. The predicted octanol–water partition coefficient (Wildman–Crippen LogP) is 1.55. The molecular formula is C20H21N7O. The first-order chi connectivity index (χ1) is 13.8. The van der Waals surface area contributed by atoms with Gasteiger partial charge in [0.05, 0.1) is 36.7 Å². The van der Waals surface area contributed by atoms with Crippen LogP contribution in [0.15, 0.2) is 36.7 Å². The smallest absolute Gasteiger partial charge is 0.165 e. The number of aromatic nitrogens is 4. The summed E-state index contributed by atoms with van der Waals surface area (Å²) in [6.07, 6.45) is 3.69. The molecule has 1 fully saturated rings. The van der Waals surface area contributed by atoms with Gasteiger partial charge in [-0.1, -0.05) is 0 Å². The normalized spacial score (nSPS) is 16.6. The topological polar surface area (TPSA) is 83.9 Å². The van der Waals surface area contributed by atoms with Gasteiger partial charge in [-0.3, -0.25) is 9.25 Å². The van der Waals surface area contributed by atoms with Crippen LogP contribution in [0.5, 0.6) is 0 Å². The van der Waals surface area contributed by atoms with Crippen molar-refractivity contribution in [1.29, 1.82) is 5.26 Å². The first-order valence-corrected chi connectivity index (χ1v) is 9.52. The number of nitriles is 1. The lowest BCUT2D eigenvalue weighted by Crippen LogP contribution is -2.36. The molecule has 142 valence electrons. The highest BCUT2D eigenvalue weighted by Crippen LogP contribution is 2.27. The molecule has 2 aliphatic rings. The highest BCUT2D eigenvalue weighted by Gasteiger charge is 2.19. The van der Waals surface area contributed by atoms with Gasteiger partial charge in [0.2, 0.25) is 0 Å². The zero-order valence-corrected chi connectivity index (χ0v) is 15.5. The van der Waals surface area contributed by atoms with Crippen LogP contribution in [-0.4, -0.2) is 52.2 Å². The first-order valence-electron chi connectivity index (χ1n) is 9.52. The van der Waals surface area contributed by atoms with Crippen LogP contribution in [0.1, 0.15) is 11.3 Å². The molecule has 1 saturated heterocycles. The molecular weight excluding hydrogens is 354 g/mol. The number of benzene rings is 1. The molecule has 0 spiro atoms. The van der Waals surface area contributed by atoms with Crippen molar-refractivity contribution in [3.63, 3.8) is 0 Å². The Morgan fingerprint density at radius 1 is 1.14 bits per heavy atom. The highest BCUT2D eigenvalue weighted by molar-refractivity contribution is 5.64. The summed E-state index contributed by atoms with van der Waals surface area (Å²) in [5.74, 6) is 0.782. The fourth-order valence-corrected chi connectivity index (χ4v) is 3.85. The molecule has 0 aliphatic carbocycles. The van der Waals surface area contributed by atoms with Gasteiger partial charge in [-0.15, -0.1) is 0 Å². The monoisotopic (exact) mass is 375 g/mol. The maximum Gasteiger partial charge on any atom is 0.165 e. The summed E-state index contributed by atoms with van der Waals surface area (Å²) in [6.45, 7) is 5.61. The molecule has 5 rings (SSSR count). The molecule has 0 saturated carbocycles. The predicted molar refractivity (Wildman–Crippen MR) is 104 cm³/mol. The van der Waals surface area contributed by atoms with Crippen molar-refractivity contribution in [2.45, 2.75) is 13.1 Å². The van der Waals surface area contributed by atoms with Crippen LogP contribution in [0.4, 0.5) is 5.69 Å². The number of nitrogens with one attached hydrogen (secondary N) is 1. The fraction of sp³-hybridized carbons (Fsp3) is 0.350. The molecule has 8 heteroatoms. The van der Waals surface area contributed by atoms with E-state index in [1.165, 1.54) is 0 Å². The minimum atomic E-state index is 0.660.